The van der Waals surface area contributed by atoms with Crippen molar-refractivity contribution in [3.63, 3.8) is 0 Å². The molecule has 5 aliphatic rings. The van der Waals surface area contributed by atoms with Gasteiger partial charge in [-0.3, -0.25) is 19.3 Å². The van der Waals surface area contributed by atoms with E-state index in [1.54, 1.807) is 24.3 Å². The summed E-state index contributed by atoms with van der Waals surface area (Å²) in [6, 6.07) is 41.4. The molecule has 6 aromatic carbocycles. The zero-order chi connectivity index (χ0) is 59.5. The summed E-state index contributed by atoms with van der Waals surface area (Å²) in [6.07, 6.45) is 9.42. The van der Waals surface area contributed by atoms with Crippen molar-refractivity contribution in [3.8, 4) is 17.2 Å². The van der Waals surface area contributed by atoms with Crippen molar-refractivity contribution >= 4 is 51.8 Å². The lowest BCUT2D eigenvalue weighted by Crippen LogP contribution is -2.33. The van der Waals surface area contributed by atoms with E-state index >= 15 is 0 Å². The van der Waals surface area contributed by atoms with E-state index in [2.05, 4.69) is 77.4 Å². The van der Waals surface area contributed by atoms with E-state index in [-0.39, 0.29) is 58.2 Å². The number of ether oxygens (including phenoxy) is 3. The summed E-state index contributed by atoms with van der Waals surface area (Å²) in [5, 5.41) is 9.01. The molecule has 7 atom stereocenters. The summed E-state index contributed by atoms with van der Waals surface area (Å²) in [6.45, 7) is 20.5. The molecule has 0 bridgehead atoms. The first-order valence-corrected chi connectivity index (χ1v) is 30.9. The third kappa shape index (κ3) is 14.9. The number of nitrogens with one attached hydrogen (secondary N) is 3. The van der Waals surface area contributed by atoms with Crippen LogP contribution in [0.5, 0.6) is 17.2 Å². The van der Waals surface area contributed by atoms with E-state index in [0.717, 1.165) is 140 Å². The Balaban J connectivity index is 0.594. The molecule has 3 saturated heterocycles. The van der Waals surface area contributed by atoms with Crippen LogP contribution in [0.25, 0.3) is 0 Å². The van der Waals surface area contributed by atoms with Crippen molar-refractivity contribution in [1.82, 2.24) is 14.7 Å². The van der Waals surface area contributed by atoms with Crippen LogP contribution in [0.2, 0.25) is 0 Å². The van der Waals surface area contributed by atoms with Gasteiger partial charge in [0.25, 0.3) is 17.7 Å². The number of nitrogen functional groups attached to an aromatic ring is 3. The standard InChI is InChI=1S/C70H87N9O6/c1-68(2,3)43-77-34-9-11-50(31-36-77)83-52-24-17-47(18-25-52)66(81)75-62-30-23-49(39-60(62)72)57-40-69(57,4)44-78-35-10-12-51(32-37-78)84-53-26-19-48(20-27-53)67(82)76-63-16-8-13-56(64(63)73)58-41-70(58,5)45-79-38-33-55(42-79)85-54-28-21-46(22-29-54)65(80)74-61-15-7-6-14-59(61)71/h6-8,13-30,39,50-51,55,57-58H,9-12,31-38,40-45,71-73H2,1-5H3,(H,74,80)(H,75,81)(H,76,82)/t50?,51?,55-,57?,58?,69?,70?/m0/s1. The lowest BCUT2D eigenvalue weighted by molar-refractivity contribution is 0.101. The number of para-hydroxylation sites is 3. The second-order valence-corrected chi connectivity index (χ2v) is 26.7. The first-order valence-electron chi connectivity index (χ1n) is 30.9. The van der Waals surface area contributed by atoms with Crippen LogP contribution >= 0.6 is 0 Å². The fourth-order valence-corrected chi connectivity index (χ4v) is 13.4. The molecular formula is C70H87N9O6. The second kappa shape index (κ2) is 25.2. The molecule has 6 unspecified atom stereocenters. The molecule has 448 valence electrons. The first-order chi connectivity index (χ1) is 40.8. The number of carbonyl (C=O) groups is 3. The molecule has 6 aromatic rings. The normalized spacial score (nSPS) is 24.6. The molecule has 15 nitrogen and oxygen atoms in total. The Morgan fingerprint density at radius 1 is 0.506 bits per heavy atom. The number of carbonyl (C=O) groups excluding carboxylic acids is 3. The Morgan fingerprint density at radius 2 is 0.976 bits per heavy atom. The second-order valence-electron chi connectivity index (χ2n) is 26.7. The van der Waals surface area contributed by atoms with Gasteiger partial charge in [0, 0.05) is 62.5 Å². The van der Waals surface area contributed by atoms with Crippen LogP contribution in [0.1, 0.15) is 146 Å². The van der Waals surface area contributed by atoms with Crippen molar-refractivity contribution in [3.05, 3.63) is 161 Å². The Labute approximate surface area is 502 Å². The van der Waals surface area contributed by atoms with Gasteiger partial charge in [0.1, 0.15) is 23.4 Å². The molecule has 2 aliphatic carbocycles. The maximum absolute atomic E-state index is 13.7. The molecule has 0 aromatic heterocycles. The van der Waals surface area contributed by atoms with Crippen LogP contribution in [0.15, 0.2) is 133 Å². The number of amides is 3. The van der Waals surface area contributed by atoms with Gasteiger partial charge in [-0.15, -0.1) is 0 Å². The van der Waals surface area contributed by atoms with Gasteiger partial charge in [0.15, 0.2) is 0 Å². The van der Waals surface area contributed by atoms with E-state index in [4.69, 9.17) is 31.4 Å². The molecule has 9 N–H and O–H groups in total. The van der Waals surface area contributed by atoms with Crippen LogP contribution in [-0.4, -0.2) is 110 Å². The maximum Gasteiger partial charge on any atom is 0.255 e. The van der Waals surface area contributed by atoms with Crippen molar-refractivity contribution in [2.75, 3.05) is 92.1 Å². The zero-order valence-corrected chi connectivity index (χ0v) is 50.3. The molecule has 3 amide bonds. The van der Waals surface area contributed by atoms with Crippen LogP contribution in [0, 0.1) is 16.2 Å². The molecule has 85 heavy (non-hydrogen) atoms. The SMILES string of the molecule is CC(C)(C)CN1CCCC(Oc2ccc(C(=O)Nc3ccc(C4CC4(C)CN4CCCC(Oc5ccc(C(=O)Nc6cccc(C7CC7(C)CN7CC[C@H](Oc8ccc(C(=O)Nc9ccccc9N)cc8)C7)c6N)cc5)CC4)cc3N)cc2)CC1. The number of likely N-dealkylation sites (tertiary alicyclic amines) is 3. The van der Waals surface area contributed by atoms with Gasteiger partial charge in [-0.2, -0.15) is 0 Å². The first kappa shape index (κ1) is 59.2. The highest BCUT2D eigenvalue weighted by atomic mass is 16.5. The lowest BCUT2D eigenvalue weighted by atomic mass is 9.96. The summed E-state index contributed by atoms with van der Waals surface area (Å²) in [4.78, 5) is 47.5. The van der Waals surface area contributed by atoms with Gasteiger partial charge in [0.2, 0.25) is 0 Å². The number of hydrogen-bond acceptors (Lipinski definition) is 12. The number of rotatable bonds is 19. The Kier molecular flexibility index (Phi) is 17.5. The summed E-state index contributed by atoms with van der Waals surface area (Å²) in [5.41, 5.74) is 27.4. The van der Waals surface area contributed by atoms with Gasteiger partial charge in [0.05, 0.1) is 46.3 Å². The van der Waals surface area contributed by atoms with Crippen LogP contribution in [-0.2, 0) is 0 Å². The monoisotopic (exact) mass is 1150 g/mol. The van der Waals surface area contributed by atoms with Crippen molar-refractivity contribution in [1.29, 1.82) is 0 Å². The average Bonchev–Trinajstić information content (AvgIpc) is 1.77. The van der Waals surface area contributed by atoms with Crippen LogP contribution in [0.4, 0.5) is 34.1 Å². The van der Waals surface area contributed by atoms with Crippen molar-refractivity contribution in [2.24, 2.45) is 16.2 Å². The van der Waals surface area contributed by atoms with Gasteiger partial charge in [-0.05, 0) is 213 Å². The number of hydrogen-bond donors (Lipinski definition) is 6. The molecule has 3 aliphatic heterocycles. The third-order valence-corrected chi connectivity index (χ3v) is 18.3. The Morgan fingerprint density at radius 3 is 1.55 bits per heavy atom. The highest BCUT2D eigenvalue weighted by molar-refractivity contribution is 6.07. The Hall–Kier alpha value is -7.59. The summed E-state index contributed by atoms with van der Waals surface area (Å²) in [7, 11) is 0. The fraction of sp³-hybridized carbons (Fsp3) is 0.443. The van der Waals surface area contributed by atoms with E-state index in [1.165, 1.54) is 5.56 Å². The third-order valence-electron chi connectivity index (χ3n) is 18.3. The van der Waals surface area contributed by atoms with E-state index in [1.807, 2.05) is 97.1 Å². The summed E-state index contributed by atoms with van der Waals surface area (Å²) < 4.78 is 19.3. The van der Waals surface area contributed by atoms with Crippen molar-refractivity contribution < 1.29 is 28.6 Å². The van der Waals surface area contributed by atoms with Gasteiger partial charge >= 0.3 is 0 Å². The predicted octanol–water partition coefficient (Wildman–Crippen LogP) is 12.5. The lowest BCUT2D eigenvalue weighted by Gasteiger charge is -2.28. The molecule has 0 spiro atoms. The smallest absolute Gasteiger partial charge is 0.255 e. The predicted molar refractivity (Wildman–Crippen MR) is 341 cm³/mol. The van der Waals surface area contributed by atoms with Crippen LogP contribution < -0.4 is 47.4 Å². The van der Waals surface area contributed by atoms with E-state index in [9.17, 15) is 14.4 Å². The highest BCUT2D eigenvalue weighted by Crippen LogP contribution is 2.62. The highest BCUT2D eigenvalue weighted by Gasteiger charge is 2.53. The minimum Gasteiger partial charge on any atom is -0.490 e. The number of nitrogens with two attached hydrogens (primary N) is 3. The molecule has 3 heterocycles. The number of benzene rings is 6. The quantitative estimate of drug-likeness (QED) is 0.0420. The van der Waals surface area contributed by atoms with E-state index in [0.29, 0.717) is 56.7 Å². The molecule has 0 radical (unpaired) electrons. The van der Waals surface area contributed by atoms with Crippen LogP contribution in [0.3, 0.4) is 0 Å². The number of anilines is 6. The fourth-order valence-electron chi connectivity index (χ4n) is 13.4. The number of nitrogens with zero attached hydrogens (tertiary/aromatic N) is 3. The minimum atomic E-state index is -0.225. The minimum absolute atomic E-state index is 0.0519. The molecule has 11 rings (SSSR count). The van der Waals surface area contributed by atoms with E-state index < -0.39 is 0 Å². The maximum atomic E-state index is 13.7. The largest absolute Gasteiger partial charge is 0.490 e. The van der Waals surface area contributed by atoms with Gasteiger partial charge < -0.3 is 57.2 Å². The summed E-state index contributed by atoms with van der Waals surface area (Å²) >= 11 is 0. The Bertz CT molecular complexity index is 3330. The summed E-state index contributed by atoms with van der Waals surface area (Å²) in [5.74, 6) is 2.33. The molecule has 15 heteroatoms. The van der Waals surface area contributed by atoms with Gasteiger partial charge in [-0.25, -0.2) is 0 Å². The van der Waals surface area contributed by atoms with Crippen molar-refractivity contribution in [2.45, 2.75) is 123 Å². The average molecular weight is 1150 g/mol. The topological polar surface area (TPSA) is 203 Å². The molecule has 2 saturated carbocycles. The molecular weight excluding hydrogens is 1060 g/mol. The zero-order valence-electron chi connectivity index (χ0n) is 50.3. The molecule has 5 fully saturated rings. The van der Waals surface area contributed by atoms with Gasteiger partial charge in [-0.1, -0.05) is 65.0 Å².